The van der Waals surface area contributed by atoms with Crippen molar-refractivity contribution < 1.29 is 13.2 Å². The quantitative estimate of drug-likeness (QED) is 0.849. The average molecular weight is 361 g/mol. The van der Waals surface area contributed by atoms with Crippen LogP contribution in [-0.2, 0) is 14.8 Å². The molecule has 4 unspecified atom stereocenters. The van der Waals surface area contributed by atoms with Crippen molar-refractivity contribution in [1.29, 1.82) is 0 Å². The van der Waals surface area contributed by atoms with E-state index in [0.717, 1.165) is 17.3 Å². The monoisotopic (exact) mass is 360 g/mol. The summed E-state index contributed by atoms with van der Waals surface area (Å²) in [6, 6.07) is 6.13. The normalized spacial score (nSPS) is 33.3. The van der Waals surface area contributed by atoms with Crippen LogP contribution in [0.25, 0.3) is 0 Å². The summed E-state index contributed by atoms with van der Waals surface area (Å²) in [6.45, 7) is 0.684. The molecular formula is C13H17BrN2O3S. The Morgan fingerprint density at radius 2 is 2.20 bits per heavy atom. The third-order valence-corrected chi connectivity index (χ3v) is 6.02. The Morgan fingerprint density at radius 1 is 1.40 bits per heavy atom. The summed E-state index contributed by atoms with van der Waals surface area (Å²) in [6.07, 6.45) is 1.93. The third-order valence-electron chi connectivity index (χ3n) is 4.07. The first-order valence-corrected chi connectivity index (χ1v) is 8.92. The number of nitrogens with two attached hydrogens (primary N) is 1. The molecule has 1 aromatic rings. The van der Waals surface area contributed by atoms with E-state index in [4.69, 9.17) is 10.5 Å². The second-order valence-corrected chi connectivity index (χ2v) is 7.95. The fourth-order valence-corrected chi connectivity index (χ4v) is 4.85. The molecule has 0 spiro atoms. The van der Waals surface area contributed by atoms with Gasteiger partial charge in [-0.25, -0.2) is 13.1 Å². The molecule has 4 atom stereocenters. The molecule has 110 valence electrons. The third kappa shape index (κ3) is 2.53. The molecular weight excluding hydrogens is 344 g/mol. The van der Waals surface area contributed by atoms with Gasteiger partial charge in [-0.3, -0.25) is 0 Å². The van der Waals surface area contributed by atoms with Crippen LogP contribution in [0.15, 0.2) is 33.6 Å². The second-order valence-electron chi connectivity index (χ2n) is 5.32. The summed E-state index contributed by atoms with van der Waals surface area (Å²) in [5.41, 5.74) is 6.08. The van der Waals surface area contributed by atoms with Crippen LogP contribution < -0.4 is 10.5 Å². The van der Waals surface area contributed by atoms with Crippen LogP contribution in [0.5, 0.6) is 0 Å². The maximum absolute atomic E-state index is 12.4. The Hall–Kier alpha value is -0.470. The van der Waals surface area contributed by atoms with Gasteiger partial charge in [0.15, 0.2) is 0 Å². The Balaban J connectivity index is 1.77. The minimum Gasteiger partial charge on any atom is -0.376 e. The first-order chi connectivity index (χ1) is 9.49. The lowest BCUT2D eigenvalue weighted by molar-refractivity contribution is -0.114. The lowest BCUT2D eigenvalue weighted by Crippen LogP contribution is -2.71. The van der Waals surface area contributed by atoms with Gasteiger partial charge in [-0.15, -0.1) is 0 Å². The van der Waals surface area contributed by atoms with Crippen LogP contribution in [0, 0.1) is 5.92 Å². The van der Waals surface area contributed by atoms with E-state index in [0.29, 0.717) is 6.61 Å². The number of rotatable bonds is 3. The molecule has 7 heteroatoms. The lowest BCUT2D eigenvalue weighted by Gasteiger charge is -2.52. The Bertz CT molecular complexity index is 607. The fourth-order valence-electron chi connectivity index (χ4n) is 2.97. The number of halogens is 1. The Kier molecular flexibility index (Phi) is 3.89. The van der Waals surface area contributed by atoms with E-state index in [1.54, 1.807) is 24.3 Å². The predicted octanol–water partition coefficient (Wildman–Crippen LogP) is 1.23. The fraction of sp³-hybridized carbons (Fsp3) is 0.538. The molecule has 2 fully saturated rings. The van der Waals surface area contributed by atoms with Gasteiger partial charge >= 0.3 is 0 Å². The van der Waals surface area contributed by atoms with Crippen molar-refractivity contribution in [2.45, 2.75) is 35.9 Å². The molecule has 1 aliphatic heterocycles. The molecule has 0 aromatic heterocycles. The zero-order chi connectivity index (χ0) is 14.3. The van der Waals surface area contributed by atoms with Gasteiger partial charge in [0, 0.05) is 23.0 Å². The van der Waals surface area contributed by atoms with Crippen LogP contribution in [-0.4, -0.2) is 33.2 Å². The number of benzene rings is 1. The largest absolute Gasteiger partial charge is 0.376 e. The number of sulfonamides is 1. The number of nitrogens with one attached hydrogen (secondary N) is 1. The minimum atomic E-state index is -3.57. The van der Waals surface area contributed by atoms with E-state index in [-0.39, 0.29) is 29.0 Å². The molecule has 1 aromatic carbocycles. The zero-order valence-corrected chi connectivity index (χ0v) is 13.2. The summed E-state index contributed by atoms with van der Waals surface area (Å²) in [4.78, 5) is 0.235. The molecule has 1 heterocycles. The van der Waals surface area contributed by atoms with E-state index in [1.807, 2.05) is 0 Å². The van der Waals surface area contributed by atoms with Gasteiger partial charge in [0.1, 0.15) is 0 Å². The number of fused-ring (bicyclic) bond motifs is 1. The highest BCUT2D eigenvalue weighted by Crippen LogP contribution is 2.37. The molecule has 3 rings (SSSR count). The highest BCUT2D eigenvalue weighted by Gasteiger charge is 2.51. The van der Waals surface area contributed by atoms with Gasteiger partial charge in [-0.1, -0.05) is 22.0 Å². The molecule has 2 aliphatic rings. The van der Waals surface area contributed by atoms with Crippen LogP contribution in [0.2, 0.25) is 0 Å². The predicted molar refractivity (Wildman–Crippen MR) is 78.7 cm³/mol. The first kappa shape index (κ1) is 14.5. The van der Waals surface area contributed by atoms with Crippen LogP contribution >= 0.6 is 15.9 Å². The molecule has 1 saturated carbocycles. The summed E-state index contributed by atoms with van der Waals surface area (Å²) in [7, 11) is -3.57. The van der Waals surface area contributed by atoms with Crippen molar-refractivity contribution in [2.75, 3.05) is 6.61 Å². The van der Waals surface area contributed by atoms with Gasteiger partial charge < -0.3 is 10.5 Å². The molecule has 3 N–H and O–H groups in total. The van der Waals surface area contributed by atoms with Crippen molar-refractivity contribution >= 4 is 26.0 Å². The molecule has 0 bridgehead atoms. The van der Waals surface area contributed by atoms with Crippen molar-refractivity contribution in [3.8, 4) is 0 Å². The van der Waals surface area contributed by atoms with E-state index >= 15 is 0 Å². The van der Waals surface area contributed by atoms with E-state index in [1.165, 1.54) is 0 Å². The van der Waals surface area contributed by atoms with Gasteiger partial charge in [-0.2, -0.15) is 0 Å². The molecule has 1 saturated heterocycles. The van der Waals surface area contributed by atoms with Gasteiger partial charge in [0.25, 0.3) is 0 Å². The maximum atomic E-state index is 12.4. The molecule has 0 amide bonds. The number of hydrogen-bond donors (Lipinski definition) is 2. The van der Waals surface area contributed by atoms with E-state index in [2.05, 4.69) is 20.7 Å². The van der Waals surface area contributed by atoms with Gasteiger partial charge in [0.2, 0.25) is 10.0 Å². The average Bonchev–Trinajstić information content (AvgIpc) is 2.44. The lowest BCUT2D eigenvalue weighted by atomic mass is 9.69. The second kappa shape index (κ2) is 5.38. The standard InChI is InChI=1S/C13H17BrN2O3S/c14-8-3-1-4-9(7-8)20(17,18)16-12-11(15)10-5-2-6-19-13(10)12/h1,3-4,7,10-13,16H,2,5-6,15H2. The molecule has 20 heavy (non-hydrogen) atoms. The zero-order valence-electron chi connectivity index (χ0n) is 10.8. The smallest absolute Gasteiger partial charge is 0.241 e. The first-order valence-electron chi connectivity index (χ1n) is 6.64. The van der Waals surface area contributed by atoms with Crippen molar-refractivity contribution in [3.63, 3.8) is 0 Å². The van der Waals surface area contributed by atoms with E-state index in [9.17, 15) is 8.42 Å². The summed E-state index contributed by atoms with van der Waals surface area (Å²) in [5, 5.41) is 0. The number of hydrogen-bond acceptors (Lipinski definition) is 4. The van der Waals surface area contributed by atoms with Crippen LogP contribution in [0.4, 0.5) is 0 Å². The summed E-state index contributed by atoms with van der Waals surface area (Å²) < 4.78 is 33.8. The van der Waals surface area contributed by atoms with Crippen LogP contribution in [0.1, 0.15) is 12.8 Å². The Morgan fingerprint density at radius 3 is 2.95 bits per heavy atom. The SMILES string of the molecule is NC1C2CCCOC2C1NS(=O)(=O)c1cccc(Br)c1. The van der Waals surface area contributed by atoms with Crippen LogP contribution in [0.3, 0.4) is 0 Å². The summed E-state index contributed by atoms with van der Waals surface area (Å²) in [5.74, 6) is 0.277. The topological polar surface area (TPSA) is 81.4 Å². The van der Waals surface area contributed by atoms with E-state index < -0.39 is 10.0 Å². The highest BCUT2D eigenvalue weighted by molar-refractivity contribution is 9.10. The molecule has 1 aliphatic carbocycles. The van der Waals surface area contributed by atoms with Gasteiger partial charge in [-0.05, 0) is 31.0 Å². The van der Waals surface area contributed by atoms with Crippen molar-refractivity contribution in [2.24, 2.45) is 11.7 Å². The maximum Gasteiger partial charge on any atom is 0.241 e. The minimum absolute atomic E-state index is 0.0827. The van der Waals surface area contributed by atoms with Crippen molar-refractivity contribution in [1.82, 2.24) is 4.72 Å². The number of ether oxygens (including phenoxy) is 1. The molecule has 5 nitrogen and oxygen atoms in total. The van der Waals surface area contributed by atoms with Crippen molar-refractivity contribution in [3.05, 3.63) is 28.7 Å². The molecule has 0 radical (unpaired) electrons. The Labute approximate surface area is 127 Å². The highest BCUT2D eigenvalue weighted by atomic mass is 79.9. The van der Waals surface area contributed by atoms with Gasteiger partial charge in [0.05, 0.1) is 17.0 Å². The summed E-state index contributed by atoms with van der Waals surface area (Å²) >= 11 is 3.28.